The summed E-state index contributed by atoms with van der Waals surface area (Å²) in [6.07, 6.45) is -1.89. The van der Waals surface area contributed by atoms with Crippen LogP contribution in [0.3, 0.4) is 0 Å². The van der Waals surface area contributed by atoms with Gasteiger partial charge in [-0.05, 0) is 18.2 Å². The van der Waals surface area contributed by atoms with Crippen LogP contribution < -0.4 is 4.74 Å². The molecule has 1 aromatic heterocycles. The maximum absolute atomic E-state index is 12.4. The number of oxazole rings is 1. The molecule has 0 spiro atoms. The Morgan fingerprint density at radius 3 is 2.69 bits per heavy atom. The highest BCUT2D eigenvalue weighted by Gasteiger charge is 2.30. The molecule has 6 heteroatoms. The Morgan fingerprint density at radius 1 is 1.25 bits per heavy atom. The molecular weight excluding hydrogens is 223 g/mol. The van der Waals surface area contributed by atoms with E-state index in [2.05, 4.69) is 4.98 Å². The zero-order chi connectivity index (χ0) is 11.6. The molecule has 16 heavy (non-hydrogen) atoms. The minimum absolute atomic E-state index is 0.0253. The number of halogens is 3. The molecule has 0 aliphatic carbocycles. The van der Waals surface area contributed by atoms with Gasteiger partial charge in [0.1, 0.15) is 12.0 Å². The first-order chi connectivity index (χ1) is 7.55. The number of rotatable bonds is 2. The highest BCUT2D eigenvalue weighted by molar-refractivity contribution is 5.31. The van der Waals surface area contributed by atoms with Crippen molar-refractivity contribution in [3.63, 3.8) is 0 Å². The first-order valence-electron chi connectivity index (χ1n) is 4.30. The Kier molecular flexibility index (Phi) is 2.55. The van der Waals surface area contributed by atoms with Crippen LogP contribution in [0.5, 0.6) is 11.8 Å². The molecule has 84 valence electrons. The standard InChI is InChI=1S/C10H6F3NO2/c11-10(12,13)7-2-1-3-8(6-7)16-9-14-4-5-15-9/h1-6H. The third kappa shape index (κ3) is 2.33. The Bertz CT molecular complexity index is 465. The summed E-state index contributed by atoms with van der Waals surface area (Å²) in [6.45, 7) is 0. The van der Waals surface area contributed by atoms with Crippen molar-refractivity contribution in [3.05, 3.63) is 42.3 Å². The van der Waals surface area contributed by atoms with Crippen molar-refractivity contribution >= 4 is 0 Å². The largest absolute Gasteiger partial charge is 0.417 e. The van der Waals surface area contributed by atoms with Crippen LogP contribution in [-0.4, -0.2) is 4.98 Å². The SMILES string of the molecule is FC(F)(F)c1cccc(Oc2ncco2)c1. The molecule has 0 bridgehead atoms. The predicted molar refractivity (Wildman–Crippen MR) is 48.0 cm³/mol. The number of benzene rings is 1. The van der Waals surface area contributed by atoms with Crippen LogP contribution in [0.25, 0.3) is 0 Å². The van der Waals surface area contributed by atoms with Crippen LogP contribution in [-0.2, 0) is 6.18 Å². The molecule has 1 aromatic carbocycles. The molecule has 2 rings (SSSR count). The van der Waals surface area contributed by atoms with E-state index in [0.717, 1.165) is 12.1 Å². The van der Waals surface area contributed by atoms with Crippen molar-refractivity contribution in [2.24, 2.45) is 0 Å². The van der Waals surface area contributed by atoms with Crippen molar-refractivity contribution in [1.29, 1.82) is 0 Å². The van der Waals surface area contributed by atoms with Gasteiger partial charge in [0.2, 0.25) is 0 Å². The molecule has 0 atom stereocenters. The van der Waals surface area contributed by atoms with E-state index in [1.807, 2.05) is 0 Å². The molecule has 0 N–H and O–H groups in total. The van der Waals surface area contributed by atoms with Crippen LogP contribution in [0.15, 0.2) is 41.1 Å². The highest BCUT2D eigenvalue weighted by Crippen LogP contribution is 2.32. The zero-order valence-corrected chi connectivity index (χ0v) is 7.86. The summed E-state index contributed by atoms with van der Waals surface area (Å²) in [5.74, 6) is 0.0253. The van der Waals surface area contributed by atoms with Crippen molar-refractivity contribution < 1.29 is 22.3 Å². The molecule has 3 nitrogen and oxygen atoms in total. The second-order valence-electron chi connectivity index (χ2n) is 2.93. The Balaban J connectivity index is 2.23. The molecule has 0 saturated carbocycles. The highest BCUT2D eigenvalue weighted by atomic mass is 19.4. The van der Waals surface area contributed by atoms with Gasteiger partial charge in [0.15, 0.2) is 0 Å². The summed E-state index contributed by atoms with van der Waals surface area (Å²) in [5.41, 5.74) is -0.781. The normalized spacial score (nSPS) is 11.4. The van der Waals surface area contributed by atoms with Gasteiger partial charge in [0.05, 0.1) is 11.8 Å². The third-order valence-corrected chi connectivity index (χ3v) is 1.78. The summed E-state index contributed by atoms with van der Waals surface area (Å²) in [4.78, 5) is 3.63. The van der Waals surface area contributed by atoms with Crippen LogP contribution in [0.2, 0.25) is 0 Å². The van der Waals surface area contributed by atoms with E-state index in [1.54, 1.807) is 0 Å². The molecule has 0 aliphatic heterocycles. The van der Waals surface area contributed by atoms with Gasteiger partial charge >= 0.3 is 12.3 Å². The third-order valence-electron chi connectivity index (χ3n) is 1.78. The molecule has 0 unspecified atom stereocenters. The fourth-order valence-electron chi connectivity index (χ4n) is 1.10. The fourth-order valence-corrected chi connectivity index (χ4v) is 1.10. The number of hydrogen-bond acceptors (Lipinski definition) is 3. The van der Waals surface area contributed by atoms with Gasteiger partial charge in [-0.15, -0.1) is 0 Å². The van der Waals surface area contributed by atoms with E-state index < -0.39 is 11.7 Å². The van der Waals surface area contributed by atoms with Crippen molar-refractivity contribution in [3.8, 4) is 11.8 Å². The lowest BCUT2D eigenvalue weighted by Crippen LogP contribution is -2.04. The molecule has 0 fully saturated rings. The van der Waals surface area contributed by atoms with Crippen LogP contribution in [0.4, 0.5) is 13.2 Å². The van der Waals surface area contributed by atoms with E-state index >= 15 is 0 Å². The summed E-state index contributed by atoms with van der Waals surface area (Å²) in [5, 5.41) is 0. The van der Waals surface area contributed by atoms with Crippen molar-refractivity contribution in [2.45, 2.75) is 6.18 Å². The molecule has 1 heterocycles. The molecular formula is C10H6F3NO2. The maximum atomic E-state index is 12.4. The van der Waals surface area contributed by atoms with Crippen molar-refractivity contribution in [1.82, 2.24) is 4.98 Å². The van der Waals surface area contributed by atoms with E-state index in [0.29, 0.717) is 0 Å². The number of nitrogens with zero attached hydrogens (tertiary/aromatic N) is 1. The van der Waals surface area contributed by atoms with Crippen LogP contribution in [0, 0.1) is 0 Å². The molecule has 0 saturated heterocycles. The first-order valence-corrected chi connectivity index (χ1v) is 4.30. The van der Waals surface area contributed by atoms with Gasteiger partial charge in [0.25, 0.3) is 0 Å². The van der Waals surface area contributed by atoms with Gasteiger partial charge in [-0.1, -0.05) is 6.07 Å². The van der Waals surface area contributed by atoms with E-state index in [9.17, 15) is 13.2 Å². The average Bonchev–Trinajstić information content (AvgIpc) is 2.70. The first kappa shape index (κ1) is 10.5. The lowest BCUT2D eigenvalue weighted by atomic mass is 10.2. The van der Waals surface area contributed by atoms with E-state index in [4.69, 9.17) is 9.15 Å². The second-order valence-corrected chi connectivity index (χ2v) is 2.93. The van der Waals surface area contributed by atoms with Gasteiger partial charge in [-0.3, -0.25) is 0 Å². The average molecular weight is 229 g/mol. The Labute approximate surface area is 88.5 Å². The van der Waals surface area contributed by atoms with Crippen LogP contribution in [0.1, 0.15) is 5.56 Å². The summed E-state index contributed by atoms with van der Waals surface area (Å²) >= 11 is 0. The predicted octanol–water partition coefficient (Wildman–Crippen LogP) is 3.49. The number of hydrogen-bond donors (Lipinski definition) is 0. The number of alkyl halides is 3. The van der Waals surface area contributed by atoms with Gasteiger partial charge in [-0.2, -0.15) is 18.2 Å². The lowest BCUT2D eigenvalue weighted by molar-refractivity contribution is -0.137. The van der Waals surface area contributed by atoms with Gasteiger partial charge in [0, 0.05) is 0 Å². The monoisotopic (exact) mass is 229 g/mol. The second kappa shape index (κ2) is 3.88. The van der Waals surface area contributed by atoms with Crippen LogP contribution >= 0.6 is 0 Å². The van der Waals surface area contributed by atoms with Gasteiger partial charge in [-0.25, -0.2) is 0 Å². The summed E-state index contributed by atoms with van der Waals surface area (Å²) in [7, 11) is 0. The molecule has 2 aromatic rings. The smallest absolute Gasteiger partial charge is 0.416 e. The topological polar surface area (TPSA) is 35.3 Å². The minimum Gasteiger partial charge on any atom is -0.417 e. The summed E-state index contributed by atoms with van der Waals surface area (Å²) in [6, 6.07) is 4.48. The zero-order valence-electron chi connectivity index (χ0n) is 7.86. The van der Waals surface area contributed by atoms with Gasteiger partial charge < -0.3 is 9.15 Å². The Hall–Kier alpha value is -1.98. The van der Waals surface area contributed by atoms with E-state index in [-0.39, 0.29) is 11.8 Å². The Morgan fingerprint density at radius 2 is 2.06 bits per heavy atom. The maximum Gasteiger partial charge on any atom is 0.416 e. The number of aromatic nitrogens is 1. The van der Waals surface area contributed by atoms with E-state index in [1.165, 1.54) is 24.6 Å². The quantitative estimate of drug-likeness (QED) is 0.790. The molecule has 0 aliphatic rings. The lowest BCUT2D eigenvalue weighted by Gasteiger charge is -2.07. The fraction of sp³-hybridized carbons (Fsp3) is 0.100. The molecule has 0 radical (unpaired) electrons. The van der Waals surface area contributed by atoms with Crippen molar-refractivity contribution in [2.75, 3.05) is 0 Å². The minimum atomic E-state index is -4.39. The summed E-state index contributed by atoms with van der Waals surface area (Å²) < 4.78 is 46.8. The molecule has 0 amide bonds. The number of ether oxygens (including phenoxy) is 1.